The molecule has 0 heterocycles. The van der Waals surface area contributed by atoms with Gasteiger partial charge in [-0.05, 0) is 12.2 Å². The van der Waals surface area contributed by atoms with Crippen molar-refractivity contribution < 1.29 is 31.1 Å². The monoisotopic (exact) mass is 466 g/mol. The number of hydrogen-bond donors (Lipinski definition) is 0. The molecule has 0 aromatic heterocycles. The Kier molecular flexibility index (Phi) is 10.5. The van der Waals surface area contributed by atoms with Crippen LogP contribution in [0.5, 0.6) is 0 Å². The normalized spacial score (nSPS) is 10.2. The van der Waals surface area contributed by atoms with Gasteiger partial charge in [-0.15, -0.1) is 83.0 Å². The molecule has 5 rings (SSSR count). The van der Waals surface area contributed by atoms with Gasteiger partial charge >= 0.3 is 21.7 Å². The first-order valence-corrected chi connectivity index (χ1v) is 10.7. The van der Waals surface area contributed by atoms with Gasteiger partial charge in [0.2, 0.25) is 0 Å². The smallest absolute Gasteiger partial charge is 1.00 e. The molecule has 0 spiro atoms. The van der Waals surface area contributed by atoms with E-state index in [0.717, 1.165) is 8.58 Å². The van der Waals surface area contributed by atoms with Gasteiger partial charge in [0, 0.05) is 0 Å². The van der Waals surface area contributed by atoms with Crippen molar-refractivity contribution in [3.8, 4) is 0 Å². The van der Waals surface area contributed by atoms with Crippen LogP contribution in [-0.2, 0) is 21.7 Å². The first kappa shape index (κ1) is 26.9. The topological polar surface area (TPSA) is 0 Å². The Hall–Kier alpha value is -2.12. The van der Waals surface area contributed by atoms with Gasteiger partial charge in [-0.2, -0.15) is 12.1 Å². The summed E-state index contributed by atoms with van der Waals surface area (Å²) in [6.07, 6.45) is 0. The fourth-order valence-corrected chi connectivity index (χ4v) is 5.02. The molecule has 0 aliphatic rings. The molecular weight excluding hydrogens is 441 g/mol. The molecule has 0 aliphatic heterocycles. The maximum atomic E-state index is 2.29. The number of halogens is 2. The number of rotatable bonds is 2. The van der Waals surface area contributed by atoms with Crippen molar-refractivity contribution in [2.75, 3.05) is 0 Å². The quantitative estimate of drug-likeness (QED) is 0.204. The van der Waals surface area contributed by atoms with Crippen LogP contribution in [0.4, 0.5) is 0 Å². The summed E-state index contributed by atoms with van der Waals surface area (Å²) in [5.41, 5.74) is 4.15. The van der Waals surface area contributed by atoms with Crippen LogP contribution in [0.25, 0.3) is 21.5 Å². The van der Waals surface area contributed by atoms with Crippen molar-refractivity contribution in [1.29, 1.82) is 0 Å². The molecule has 31 heavy (non-hydrogen) atoms. The summed E-state index contributed by atoms with van der Waals surface area (Å²) in [7, 11) is 0.754. The largest absolute Gasteiger partial charge is 4.00 e. The zero-order valence-electron chi connectivity index (χ0n) is 17.9. The van der Waals surface area contributed by atoms with Gasteiger partial charge in [-0.25, -0.2) is 0 Å². The molecule has 0 saturated carbocycles. The standard InChI is InChI=1S/C16H14P.C11H11.2FH.Ti/c1-12-11-13-7-5-6-10-15(13)16(12)17-14-8-3-2-4-9-14;1-8-6-7-9(2)11-5-3-4-10(8)11;;;/h2-11,17H,1H3;3-7H,1-2H3;2*1H;/q2*-1;;;+4/p-2. The van der Waals surface area contributed by atoms with E-state index in [0.29, 0.717) is 0 Å². The van der Waals surface area contributed by atoms with Crippen molar-refractivity contribution in [3.63, 3.8) is 0 Å². The molecule has 5 aromatic rings. The second-order valence-corrected chi connectivity index (χ2v) is 8.66. The van der Waals surface area contributed by atoms with Crippen LogP contribution in [0.1, 0.15) is 16.7 Å². The third-order valence-electron chi connectivity index (χ3n) is 5.29. The third kappa shape index (κ3) is 5.98. The second kappa shape index (κ2) is 12.1. The van der Waals surface area contributed by atoms with E-state index in [-0.39, 0.29) is 31.1 Å². The van der Waals surface area contributed by atoms with E-state index in [2.05, 4.69) is 112 Å². The molecule has 0 N–H and O–H groups in total. The molecule has 4 heteroatoms. The molecule has 0 fully saturated rings. The summed E-state index contributed by atoms with van der Waals surface area (Å²) in [6, 6.07) is 32.5. The summed E-state index contributed by atoms with van der Waals surface area (Å²) in [5, 5.41) is 8.46. The fourth-order valence-electron chi connectivity index (χ4n) is 3.74. The van der Waals surface area contributed by atoms with Crippen LogP contribution in [0.15, 0.2) is 91.0 Å². The SMILES string of the molecule is Cc1[cH-]c2ccccc2c1Pc1ccccc1.Cc1ccc(C)c2[cH-]ccc12.[F-].[F-].[Ti+4]. The molecule has 1 atom stereocenters. The minimum Gasteiger partial charge on any atom is -1.00 e. The van der Waals surface area contributed by atoms with Crippen molar-refractivity contribution in [2.45, 2.75) is 20.8 Å². The molecule has 0 amide bonds. The molecule has 0 aliphatic carbocycles. The molecule has 1 unspecified atom stereocenters. The summed E-state index contributed by atoms with van der Waals surface area (Å²) < 4.78 is 0. The molecular formula is C27H25F2PTi. The second-order valence-electron chi connectivity index (χ2n) is 7.33. The average molecular weight is 466 g/mol. The zero-order chi connectivity index (χ0) is 19.5. The summed E-state index contributed by atoms with van der Waals surface area (Å²) in [5.74, 6) is 0. The predicted molar refractivity (Wildman–Crippen MR) is 127 cm³/mol. The van der Waals surface area contributed by atoms with E-state index in [1.807, 2.05) is 0 Å². The van der Waals surface area contributed by atoms with Crippen LogP contribution in [0.3, 0.4) is 0 Å². The number of hydrogen-bond acceptors (Lipinski definition) is 0. The van der Waals surface area contributed by atoms with E-state index >= 15 is 0 Å². The minimum absolute atomic E-state index is 0. The predicted octanol–water partition coefficient (Wildman–Crippen LogP) is 0.677. The van der Waals surface area contributed by atoms with Crippen LogP contribution < -0.4 is 20.0 Å². The molecule has 0 bridgehead atoms. The van der Waals surface area contributed by atoms with Gasteiger partial charge in [0.25, 0.3) is 0 Å². The maximum Gasteiger partial charge on any atom is 4.00 e. The fraction of sp³-hybridized carbons (Fsp3) is 0.111. The summed E-state index contributed by atoms with van der Waals surface area (Å²) in [6.45, 7) is 6.52. The van der Waals surface area contributed by atoms with Gasteiger partial charge < -0.3 is 9.41 Å². The van der Waals surface area contributed by atoms with Gasteiger partial charge in [-0.3, -0.25) is 0 Å². The van der Waals surface area contributed by atoms with Gasteiger partial charge in [0.15, 0.2) is 0 Å². The van der Waals surface area contributed by atoms with E-state index in [4.69, 9.17) is 0 Å². The van der Waals surface area contributed by atoms with Crippen molar-refractivity contribution >= 4 is 40.7 Å². The Morgan fingerprint density at radius 3 is 2.03 bits per heavy atom. The Morgan fingerprint density at radius 1 is 0.677 bits per heavy atom. The van der Waals surface area contributed by atoms with Crippen molar-refractivity contribution in [1.82, 2.24) is 0 Å². The third-order valence-corrected chi connectivity index (χ3v) is 6.82. The van der Waals surface area contributed by atoms with Crippen LogP contribution in [0.2, 0.25) is 0 Å². The van der Waals surface area contributed by atoms with Gasteiger partial charge in [0.05, 0.1) is 0 Å². The van der Waals surface area contributed by atoms with Crippen molar-refractivity contribution in [2.24, 2.45) is 0 Å². The van der Waals surface area contributed by atoms with Crippen LogP contribution in [-0.4, -0.2) is 0 Å². The molecule has 0 saturated heterocycles. The average Bonchev–Trinajstić information content (AvgIpc) is 3.33. The van der Waals surface area contributed by atoms with E-state index in [9.17, 15) is 0 Å². The van der Waals surface area contributed by atoms with E-state index in [1.54, 1.807) is 0 Å². The molecule has 0 nitrogen and oxygen atoms in total. The molecule has 156 valence electrons. The summed E-state index contributed by atoms with van der Waals surface area (Å²) in [4.78, 5) is 0. The first-order valence-electron chi connectivity index (χ1n) is 9.72. The van der Waals surface area contributed by atoms with Gasteiger partial charge in [0.1, 0.15) is 0 Å². The molecule has 5 aromatic carbocycles. The van der Waals surface area contributed by atoms with Crippen molar-refractivity contribution in [3.05, 3.63) is 108 Å². The Morgan fingerprint density at radius 2 is 1.32 bits per heavy atom. The molecule has 0 radical (unpaired) electrons. The first-order chi connectivity index (χ1) is 13.6. The van der Waals surface area contributed by atoms with Crippen LogP contribution >= 0.6 is 8.58 Å². The van der Waals surface area contributed by atoms with E-state index in [1.165, 1.54) is 48.8 Å². The zero-order valence-corrected chi connectivity index (χ0v) is 20.5. The number of benzene rings is 3. The Labute approximate surface area is 199 Å². The maximum absolute atomic E-state index is 2.29. The summed E-state index contributed by atoms with van der Waals surface area (Å²) >= 11 is 0. The Bertz CT molecular complexity index is 1190. The Balaban J connectivity index is 0.000000303. The minimum atomic E-state index is 0. The van der Waals surface area contributed by atoms with Gasteiger partial charge in [-0.1, -0.05) is 61.9 Å². The van der Waals surface area contributed by atoms with Crippen LogP contribution in [0, 0.1) is 20.8 Å². The number of aryl methyl sites for hydroxylation is 3. The van der Waals surface area contributed by atoms with E-state index < -0.39 is 0 Å². The number of fused-ring (bicyclic) bond motifs is 2.